The molecule has 0 spiro atoms. The molecular formula is C15H17Br2NO. The smallest absolute Gasteiger partial charge is 0.173 e. The van der Waals surface area contributed by atoms with E-state index in [1.165, 1.54) is 11.1 Å². The lowest BCUT2D eigenvalue weighted by atomic mass is 10.0. The highest BCUT2D eigenvalue weighted by atomic mass is 79.9. The lowest BCUT2D eigenvalue weighted by molar-refractivity contribution is 0.498. The summed E-state index contributed by atoms with van der Waals surface area (Å²) in [6, 6.07) is 10.7. The summed E-state index contributed by atoms with van der Waals surface area (Å²) in [7, 11) is 0. The molecule has 2 rings (SSSR count). The molecule has 1 heterocycles. The van der Waals surface area contributed by atoms with Gasteiger partial charge < -0.3 is 9.73 Å². The van der Waals surface area contributed by atoms with Crippen molar-refractivity contribution in [3.63, 3.8) is 0 Å². The number of hydrogen-bond acceptors (Lipinski definition) is 2. The molecule has 2 nitrogen and oxygen atoms in total. The zero-order valence-corrected chi connectivity index (χ0v) is 14.0. The average Bonchev–Trinajstić information content (AvgIpc) is 2.81. The summed E-state index contributed by atoms with van der Waals surface area (Å²) in [5, 5.41) is 3.58. The first-order valence-electron chi connectivity index (χ1n) is 6.41. The minimum atomic E-state index is 0.266. The summed E-state index contributed by atoms with van der Waals surface area (Å²) < 4.78 is 7.29. The Labute approximate surface area is 130 Å². The first kappa shape index (κ1) is 14.8. The third-order valence-corrected chi connectivity index (χ3v) is 4.13. The first-order chi connectivity index (χ1) is 9.20. The number of rotatable bonds is 6. The number of halogens is 2. The van der Waals surface area contributed by atoms with E-state index in [-0.39, 0.29) is 6.04 Å². The topological polar surface area (TPSA) is 25.2 Å². The second-order valence-electron chi connectivity index (χ2n) is 4.49. The van der Waals surface area contributed by atoms with Crippen molar-refractivity contribution >= 4 is 31.9 Å². The van der Waals surface area contributed by atoms with Gasteiger partial charge in [-0.15, -0.1) is 0 Å². The van der Waals surface area contributed by atoms with Crippen LogP contribution in [0, 0.1) is 0 Å². The van der Waals surface area contributed by atoms with E-state index >= 15 is 0 Å². The molecule has 19 heavy (non-hydrogen) atoms. The van der Waals surface area contributed by atoms with Gasteiger partial charge in [0.2, 0.25) is 0 Å². The zero-order chi connectivity index (χ0) is 13.7. The van der Waals surface area contributed by atoms with E-state index in [4.69, 9.17) is 4.42 Å². The summed E-state index contributed by atoms with van der Waals surface area (Å²) in [6.45, 7) is 3.17. The molecule has 0 amide bonds. The molecule has 0 bridgehead atoms. The fourth-order valence-corrected chi connectivity index (χ4v) is 3.03. The van der Waals surface area contributed by atoms with Crippen LogP contribution < -0.4 is 5.32 Å². The maximum absolute atomic E-state index is 5.35. The minimum absolute atomic E-state index is 0.266. The third kappa shape index (κ3) is 4.20. The van der Waals surface area contributed by atoms with E-state index in [1.54, 1.807) is 6.26 Å². The van der Waals surface area contributed by atoms with Crippen molar-refractivity contribution in [1.82, 2.24) is 5.32 Å². The maximum Gasteiger partial charge on any atom is 0.173 e. The van der Waals surface area contributed by atoms with Crippen molar-refractivity contribution in [3.8, 4) is 0 Å². The van der Waals surface area contributed by atoms with Crippen LogP contribution in [0.25, 0.3) is 0 Å². The molecule has 1 N–H and O–H groups in total. The zero-order valence-electron chi connectivity index (χ0n) is 10.8. The lowest BCUT2D eigenvalue weighted by Gasteiger charge is -2.18. The standard InChI is InChI=1S/C15H17Br2NO/c1-2-7-18-14(13-6-8-19-15(13)17)10-11-4-3-5-12(16)9-11/h3-6,8-9,14,18H,2,7,10H2,1H3. The van der Waals surface area contributed by atoms with Gasteiger partial charge in [0.15, 0.2) is 4.67 Å². The second kappa shape index (κ2) is 7.27. The fraction of sp³-hybridized carbons (Fsp3) is 0.333. The molecule has 1 atom stereocenters. The van der Waals surface area contributed by atoms with E-state index in [0.29, 0.717) is 0 Å². The first-order valence-corrected chi connectivity index (χ1v) is 8.00. The average molecular weight is 387 g/mol. The third-order valence-electron chi connectivity index (χ3n) is 2.99. The highest BCUT2D eigenvalue weighted by Gasteiger charge is 2.16. The highest BCUT2D eigenvalue weighted by Crippen LogP contribution is 2.27. The minimum Gasteiger partial charge on any atom is -0.457 e. The van der Waals surface area contributed by atoms with E-state index < -0.39 is 0 Å². The summed E-state index contributed by atoms with van der Waals surface area (Å²) in [6.07, 6.45) is 3.78. The van der Waals surface area contributed by atoms with E-state index in [2.05, 4.69) is 62.3 Å². The Kier molecular flexibility index (Phi) is 5.67. The molecule has 1 unspecified atom stereocenters. The van der Waals surface area contributed by atoms with Crippen molar-refractivity contribution < 1.29 is 4.42 Å². The number of hydrogen-bond donors (Lipinski definition) is 1. The van der Waals surface area contributed by atoms with Crippen molar-refractivity contribution in [2.75, 3.05) is 6.54 Å². The van der Waals surface area contributed by atoms with Crippen LogP contribution in [0.2, 0.25) is 0 Å². The summed E-state index contributed by atoms with van der Waals surface area (Å²) in [5.41, 5.74) is 2.48. The largest absolute Gasteiger partial charge is 0.457 e. The van der Waals surface area contributed by atoms with E-state index in [0.717, 1.165) is 28.5 Å². The molecule has 0 saturated carbocycles. The van der Waals surface area contributed by atoms with Crippen LogP contribution in [-0.4, -0.2) is 6.54 Å². The highest BCUT2D eigenvalue weighted by molar-refractivity contribution is 9.10. The maximum atomic E-state index is 5.35. The molecule has 1 aromatic carbocycles. The predicted molar refractivity (Wildman–Crippen MR) is 85.3 cm³/mol. The van der Waals surface area contributed by atoms with Gasteiger partial charge >= 0.3 is 0 Å². The van der Waals surface area contributed by atoms with Gasteiger partial charge in [-0.3, -0.25) is 0 Å². The Morgan fingerprint density at radius 3 is 2.74 bits per heavy atom. The molecular weight excluding hydrogens is 370 g/mol. The number of benzene rings is 1. The van der Waals surface area contributed by atoms with Crippen LogP contribution >= 0.6 is 31.9 Å². The number of furan rings is 1. The van der Waals surface area contributed by atoms with Crippen molar-refractivity contribution in [3.05, 3.63) is 56.9 Å². The molecule has 0 aliphatic heterocycles. The molecule has 0 aliphatic carbocycles. The van der Waals surface area contributed by atoms with Gasteiger partial charge in [-0.1, -0.05) is 35.0 Å². The summed E-state index contributed by atoms with van der Waals surface area (Å²) in [5.74, 6) is 0. The molecule has 2 aromatic rings. The second-order valence-corrected chi connectivity index (χ2v) is 6.13. The SMILES string of the molecule is CCCNC(Cc1cccc(Br)c1)c1ccoc1Br. The van der Waals surface area contributed by atoms with Crippen molar-refractivity contribution in [2.45, 2.75) is 25.8 Å². The Balaban J connectivity index is 2.16. The molecule has 0 saturated heterocycles. The Hall–Kier alpha value is -0.580. The normalized spacial score (nSPS) is 12.6. The van der Waals surface area contributed by atoms with E-state index in [1.807, 2.05) is 12.1 Å². The van der Waals surface area contributed by atoms with Crippen LogP contribution in [0.1, 0.15) is 30.5 Å². The molecule has 1 aromatic heterocycles. The Bertz CT molecular complexity index is 524. The van der Waals surface area contributed by atoms with Crippen LogP contribution in [0.5, 0.6) is 0 Å². The molecule has 0 aliphatic rings. The molecule has 0 radical (unpaired) electrons. The van der Waals surface area contributed by atoms with Crippen molar-refractivity contribution in [2.24, 2.45) is 0 Å². The fourth-order valence-electron chi connectivity index (χ4n) is 2.06. The van der Waals surface area contributed by atoms with Gasteiger partial charge in [-0.05, 0) is 59.1 Å². The van der Waals surface area contributed by atoms with E-state index in [9.17, 15) is 0 Å². The van der Waals surface area contributed by atoms with Gasteiger partial charge in [-0.2, -0.15) is 0 Å². The van der Waals surface area contributed by atoms with Crippen LogP contribution in [-0.2, 0) is 6.42 Å². The van der Waals surface area contributed by atoms with Gasteiger partial charge in [0.25, 0.3) is 0 Å². The predicted octanol–water partition coefficient (Wildman–Crippen LogP) is 5.09. The summed E-state index contributed by atoms with van der Waals surface area (Å²) >= 11 is 6.99. The Morgan fingerprint density at radius 2 is 2.11 bits per heavy atom. The molecule has 102 valence electrons. The monoisotopic (exact) mass is 385 g/mol. The van der Waals surface area contributed by atoms with Crippen LogP contribution in [0.3, 0.4) is 0 Å². The van der Waals surface area contributed by atoms with Crippen molar-refractivity contribution in [1.29, 1.82) is 0 Å². The van der Waals surface area contributed by atoms with Gasteiger partial charge in [0, 0.05) is 16.1 Å². The van der Waals surface area contributed by atoms with Crippen LogP contribution in [0.15, 0.2) is 50.2 Å². The number of nitrogens with one attached hydrogen (secondary N) is 1. The van der Waals surface area contributed by atoms with Gasteiger partial charge in [0.1, 0.15) is 0 Å². The summed E-state index contributed by atoms with van der Waals surface area (Å²) in [4.78, 5) is 0. The quantitative estimate of drug-likeness (QED) is 0.747. The molecule has 4 heteroatoms. The van der Waals surface area contributed by atoms with Crippen LogP contribution in [0.4, 0.5) is 0 Å². The molecule has 0 fully saturated rings. The van der Waals surface area contributed by atoms with Gasteiger partial charge in [-0.25, -0.2) is 0 Å². The lowest BCUT2D eigenvalue weighted by Crippen LogP contribution is -2.24. The Morgan fingerprint density at radius 1 is 1.26 bits per heavy atom. The van der Waals surface area contributed by atoms with Gasteiger partial charge in [0.05, 0.1) is 6.26 Å².